The van der Waals surface area contributed by atoms with Crippen LogP contribution in [0, 0.1) is 13.8 Å². The van der Waals surface area contributed by atoms with Crippen molar-refractivity contribution in [1.29, 1.82) is 0 Å². The van der Waals surface area contributed by atoms with Crippen LogP contribution in [0.3, 0.4) is 0 Å². The van der Waals surface area contributed by atoms with Gasteiger partial charge in [0, 0.05) is 63.0 Å². The quantitative estimate of drug-likeness (QED) is 0.817. The number of H-pyrrole nitrogens is 1. The summed E-state index contributed by atoms with van der Waals surface area (Å²) in [5.41, 5.74) is 4.04. The van der Waals surface area contributed by atoms with Gasteiger partial charge in [-0.2, -0.15) is 0 Å². The number of hydrogen-bond donors (Lipinski definition) is 1. The summed E-state index contributed by atoms with van der Waals surface area (Å²) in [6.45, 7) is 8.07. The van der Waals surface area contributed by atoms with Gasteiger partial charge in [-0.15, -0.1) is 0 Å². The number of carbonyl (C=O) groups is 3. The van der Waals surface area contributed by atoms with Crippen LogP contribution in [0.4, 0.5) is 0 Å². The fraction of sp³-hybridized carbons (Fsp3) is 0.476. The van der Waals surface area contributed by atoms with Crippen LogP contribution in [-0.4, -0.2) is 76.7 Å². The summed E-state index contributed by atoms with van der Waals surface area (Å²) in [6, 6.07) is 6.04. The molecule has 0 spiro atoms. The maximum Gasteiger partial charge on any atom is 0.270 e. The van der Waals surface area contributed by atoms with Gasteiger partial charge in [-0.05, 0) is 37.1 Å². The lowest BCUT2D eigenvalue weighted by molar-refractivity contribution is -0.138. The molecule has 2 fully saturated rings. The standard InChI is InChI=1S/C21H26N4O3/c1-14-3-4-17-16(15(14)2)13-18(22-17)21(28)24-10-7-23(8-11-24)9-12-25-19(26)5-6-20(25)27/h3-4,13,22H,5-12H2,1-2H3. The van der Waals surface area contributed by atoms with Crippen LogP contribution in [-0.2, 0) is 9.59 Å². The van der Waals surface area contributed by atoms with E-state index >= 15 is 0 Å². The van der Waals surface area contributed by atoms with Crippen molar-refractivity contribution < 1.29 is 14.4 Å². The van der Waals surface area contributed by atoms with Crippen molar-refractivity contribution in [1.82, 2.24) is 19.7 Å². The van der Waals surface area contributed by atoms with Crippen LogP contribution >= 0.6 is 0 Å². The van der Waals surface area contributed by atoms with E-state index in [1.54, 1.807) is 0 Å². The van der Waals surface area contributed by atoms with Crippen molar-refractivity contribution in [3.05, 3.63) is 35.0 Å². The Hall–Kier alpha value is -2.67. The maximum atomic E-state index is 12.9. The molecule has 1 aromatic carbocycles. The van der Waals surface area contributed by atoms with Gasteiger partial charge in [-0.25, -0.2) is 0 Å². The lowest BCUT2D eigenvalue weighted by Gasteiger charge is -2.35. The molecule has 1 N–H and O–H groups in total. The number of imide groups is 1. The number of piperazine rings is 1. The summed E-state index contributed by atoms with van der Waals surface area (Å²) in [4.78, 5) is 45.0. The number of aromatic nitrogens is 1. The normalized spacial score (nSPS) is 18.5. The molecule has 28 heavy (non-hydrogen) atoms. The summed E-state index contributed by atoms with van der Waals surface area (Å²) >= 11 is 0. The molecule has 2 saturated heterocycles. The van der Waals surface area contributed by atoms with Gasteiger partial charge in [0.2, 0.25) is 11.8 Å². The van der Waals surface area contributed by atoms with E-state index in [0.29, 0.717) is 44.7 Å². The number of nitrogens with zero attached hydrogens (tertiary/aromatic N) is 3. The minimum Gasteiger partial charge on any atom is -0.351 e. The lowest BCUT2D eigenvalue weighted by atomic mass is 10.1. The summed E-state index contributed by atoms with van der Waals surface area (Å²) in [6.07, 6.45) is 0.676. The summed E-state index contributed by atoms with van der Waals surface area (Å²) < 4.78 is 0. The summed E-state index contributed by atoms with van der Waals surface area (Å²) in [5.74, 6) is -0.107. The number of hydrogen-bond acceptors (Lipinski definition) is 4. The second kappa shape index (κ2) is 7.39. The topological polar surface area (TPSA) is 76.7 Å². The Morgan fingerprint density at radius 2 is 1.68 bits per heavy atom. The first-order valence-corrected chi connectivity index (χ1v) is 9.88. The molecular weight excluding hydrogens is 356 g/mol. The molecule has 2 aliphatic heterocycles. The number of amides is 3. The molecule has 3 heterocycles. The zero-order valence-electron chi connectivity index (χ0n) is 16.5. The molecule has 0 aliphatic carbocycles. The number of benzene rings is 1. The molecule has 0 radical (unpaired) electrons. The van der Waals surface area contributed by atoms with Crippen molar-refractivity contribution in [3.8, 4) is 0 Å². The Morgan fingerprint density at radius 3 is 2.36 bits per heavy atom. The highest BCUT2D eigenvalue weighted by Gasteiger charge is 2.30. The van der Waals surface area contributed by atoms with Crippen LogP contribution in [0.5, 0.6) is 0 Å². The van der Waals surface area contributed by atoms with Crippen LogP contribution in [0.2, 0.25) is 0 Å². The molecular formula is C21H26N4O3. The molecule has 0 unspecified atom stereocenters. The highest BCUT2D eigenvalue weighted by molar-refractivity contribution is 6.02. The SMILES string of the molecule is Cc1ccc2[nH]c(C(=O)N3CCN(CCN4C(=O)CCC4=O)CC3)cc2c1C. The van der Waals surface area contributed by atoms with Crippen molar-refractivity contribution >= 4 is 28.6 Å². The lowest BCUT2D eigenvalue weighted by Crippen LogP contribution is -2.50. The van der Waals surface area contributed by atoms with Crippen molar-refractivity contribution in [2.45, 2.75) is 26.7 Å². The third-order valence-electron chi connectivity index (χ3n) is 6.03. The van der Waals surface area contributed by atoms with Gasteiger partial charge < -0.3 is 9.88 Å². The van der Waals surface area contributed by atoms with E-state index in [1.165, 1.54) is 16.0 Å². The predicted octanol–water partition coefficient (Wildman–Crippen LogP) is 1.69. The van der Waals surface area contributed by atoms with Gasteiger partial charge in [-0.1, -0.05) is 6.07 Å². The summed E-state index contributed by atoms with van der Waals surface area (Å²) in [5, 5.41) is 1.10. The van der Waals surface area contributed by atoms with Crippen LogP contribution in [0.15, 0.2) is 18.2 Å². The molecule has 0 atom stereocenters. The fourth-order valence-electron chi connectivity index (χ4n) is 4.03. The average Bonchev–Trinajstić information content (AvgIpc) is 3.27. The minimum absolute atomic E-state index is 0.0257. The molecule has 1 aromatic heterocycles. The molecule has 148 valence electrons. The second-order valence-electron chi connectivity index (χ2n) is 7.72. The van der Waals surface area contributed by atoms with E-state index in [-0.39, 0.29) is 17.7 Å². The average molecular weight is 382 g/mol. The highest BCUT2D eigenvalue weighted by Crippen LogP contribution is 2.23. The largest absolute Gasteiger partial charge is 0.351 e. The molecule has 0 bridgehead atoms. The Morgan fingerprint density at radius 1 is 1.00 bits per heavy atom. The van der Waals surface area contributed by atoms with E-state index < -0.39 is 0 Å². The first kappa shape index (κ1) is 18.7. The van der Waals surface area contributed by atoms with Gasteiger partial charge in [0.25, 0.3) is 5.91 Å². The van der Waals surface area contributed by atoms with Crippen LogP contribution < -0.4 is 0 Å². The minimum atomic E-state index is -0.0665. The molecule has 4 rings (SSSR count). The Kier molecular flexibility index (Phi) is 4.93. The number of rotatable bonds is 4. The van der Waals surface area contributed by atoms with Gasteiger partial charge in [0.1, 0.15) is 5.69 Å². The van der Waals surface area contributed by atoms with Crippen molar-refractivity contribution in [2.24, 2.45) is 0 Å². The number of fused-ring (bicyclic) bond motifs is 1. The van der Waals surface area contributed by atoms with Gasteiger partial charge >= 0.3 is 0 Å². The van der Waals surface area contributed by atoms with E-state index in [9.17, 15) is 14.4 Å². The third kappa shape index (κ3) is 3.42. The van der Waals surface area contributed by atoms with E-state index in [4.69, 9.17) is 0 Å². The smallest absolute Gasteiger partial charge is 0.270 e. The van der Waals surface area contributed by atoms with Gasteiger partial charge in [-0.3, -0.25) is 24.2 Å². The van der Waals surface area contributed by atoms with Gasteiger partial charge in [0.05, 0.1) is 0 Å². The van der Waals surface area contributed by atoms with Crippen molar-refractivity contribution in [2.75, 3.05) is 39.3 Å². The van der Waals surface area contributed by atoms with E-state index in [2.05, 4.69) is 29.8 Å². The maximum absolute atomic E-state index is 12.9. The Bertz CT molecular complexity index is 925. The first-order chi connectivity index (χ1) is 13.4. The number of aromatic amines is 1. The summed E-state index contributed by atoms with van der Waals surface area (Å²) in [7, 11) is 0. The van der Waals surface area contributed by atoms with E-state index in [1.807, 2.05) is 17.0 Å². The number of carbonyl (C=O) groups excluding carboxylic acids is 3. The van der Waals surface area contributed by atoms with Crippen molar-refractivity contribution in [3.63, 3.8) is 0 Å². The van der Waals surface area contributed by atoms with Crippen LogP contribution in [0.25, 0.3) is 10.9 Å². The van der Waals surface area contributed by atoms with Gasteiger partial charge in [0.15, 0.2) is 0 Å². The number of likely N-dealkylation sites (tertiary alicyclic amines) is 1. The predicted molar refractivity (Wildman–Crippen MR) is 106 cm³/mol. The number of aryl methyl sites for hydroxylation is 2. The zero-order valence-corrected chi connectivity index (χ0v) is 16.5. The molecule has 2 aliphatic rings. The number of nitrogens with one attached hydrogen (secondary N) is 1. The molecule has 0 saturated carbocycles. The monoisotopic (exact) mass is 382 g/mol. The zero-order chi connectivity index (χ0) is 19.8. The molecule has 2 aromatic rings. The third-order valence-corrected chi connectivity index (χ3v) is 6.03. The molecule has 7 nitrogen and oxygen atoms in total. The molecule has 7 heteroatoms. The molecule has 3 amide bonds. The Balaban J connectivity index is 1.34. The second-order valence-corrected chi connectivity index (χ2v) is 7.72. The highest BCUT2D eigenvalue weighted by atomic mass is 16.2. The van der Waals surface area contributed by atoms with E-state index in [0.717, 1.165) is 24.0 Å². The van der Waals surface area contributed by atoms with Crippen LogP contribution in [0.1, 0.15) is 34.5 Å². The Labute approximate surface area is 164 Å². The first-order valence-electron chi connectivity index (χ1n) is 9.88. The fourth-order valence-corrected chi connectivity index (χ4v) is 4.03.